The van der Waals surface area contributed by atoms with Gasteiger partial charge in [0.25, 0.3) is 5.91 Å². The Hall–Kier alpha value is -1.33. The van der Waals surface area contributed by atoms with Gasteiger partial charge in [-0.05, 0) is 25.3 Å². The van der Waals surface area contributed by atoms with Crippen LogP contribution in [-0.2, 0) is 0 Å². The van der Waals surface area contributed by atoms with Gasteiger partial charge in [0.2, 0.25) is 0 Å². The Kier molecular flexibility index (Phi) is 3.49. The second-order valence-electron chi connectivity index (χ2n) is 3.99. The van der Waals surface area contributed by atoms with Crippen molar-refractivity contribution in [3.8, 4) is 10.4 Å². The number of nitrogen functional groups attached to an aromatic ring is 1. The molecule has 3 nitrogen and oxygen atoms in total. The molecule has 0 aliphatic rings. The number of rotatable bonds is 3. The van der Waals surface area contributed by atoms with E-state index in [1.54, 1.807) is 11.3 Å². The summed E-state index contributed by atoms with van der Waals surface area (Å²) in [6.45, 7) is 3.87. The minimum atomic E-state index is -0.0952. The van der Waals surface area contributed by atoms with E-state index in [-0.39, 0.29) is 11.9 Å². The molecule has 0 radical (unpaired) electrons. The summed E-state index contributed by atoms with van der Waals surface area (Å²) in [5.74, 6) is -0.0952. The number of nitrogens with one attached hydrogen (secondary N) is 1. The predicted octanol–water partition coefficient (Wildman–Crippen LogP) is 3.20. The first-order valence-corrected chi connectivity index (χ1v) is 7.07. The normalized spacial score (nSPS) is 10.8. The number of carbonyl (C=O) groups excluding carboxylic acids is 1. The fourth-order valence-electron chi connectivity index (χ4n) is 1.55. The summed E-state index contributed by atoms with van der Waals surface area (Å²) in [4.78, 5) is 13.1. The van der Waals surface area contributed by atoms with Crippen LogP contribution in [0.1, 0.15) is 24.2 Å². The topological polar surface area (TPSA) is 55.1 Å². The van der Waals surface area contributed by atoms with Crippen molar-refractivity contribution in [2.45, 2.75) is 19.9 Å². The molecule has 0 spiro atoms. The van der Waals surface area contributed by atoms with Crippen LogP contribution in [0.3, 0.4) is 0 Å². The Morgan fingerprint density at radius 3 is 2.76 bits per heavy atom. The molecule has 0 unspecified atom stereocenters. The standard InChI is InChI=1S/C12H14N2OS2/c1-7(2)14-12(15)10-8(6-17-11(10)13)9-4-3-5-16-9/h3-7H,13H2,1-2H3,(H,14,15). The number of hydrogen-bond acceptors (Lipinski definition) is 4. The van der Waals surface area contributed by atoms with E-state index >= 15 is 0 Å². The van der Waals surface area contributed by atoms with Gasteiger partial charge in [-0.2, -0.15) is 0 Å². The highest BCUT2D eigenvalue weighted by molar-refractivity contribution is 7.16. The molecule has 17 heavy (non-hydrogen) atoms. The van der Waals surface area contributed by atoms with Crippen molar-refractivity contribution in [1.82, 2.24) is 5.32 Å². The molecule has 90 valence electrons. The van der Waals surface area contributed by atoms with Crippen molar-refractivity contribution >= 4 is 33.6 Å². The molecule has 0 aliphatic heterocycles. The third-order valence-electron chi connectivity index (χ3n) is 2.25. The maximum atomic E-state index is 12.1. The lowest BCUT2D eigenvalue weighted by molar-refractivity contribution is 0.0945. The first-order chi connectivity index (χ1) is 8.09. The van der Waals surface area contributed by atoms with E-state index in [9.17, 15) is 4.79 Å². The van der Waals surface area contributed by atoms with Gasteiger partial charge in [0.05, 0.1) is 10.6 Å². The highest BCUT2D eigenvalue weighted by atomic mass is 32.1. The molecule has 0 aromatic carbocycles. The summed E-state index contributed by atoms with van der Waals surface area (Å²) in [5, 5.41) is 7.39. The van der Waals surface area contributed by atoms with Crippen molar-refractivity contribution in [2.75, 3.05) is 5.73 Å². The Morgan fingerprint density at radius 2 is 2.18 bits per heavy atom. The smallest absolute Gasteiger partial charge is 0.255 e. The van der Waals surface area contributed by atoms with Crippen LogP contribution >= 0.6 is 22.7 Å². The average molecular weight is 266 g/mol. The van der Waals surface area contributed by atoms with Crippen LogP contribution in [0.15, 0.2) is 22.9 Å². The summed E-state index contributed by atoms with van der Waals surface area (Å²) < 4.78 is 0. The molecule has 1 amide bonds. The quantitative estimate of drug-likeness (QED) is 0.896. The molecule has 0 bridgehead atoms. The maximum Gasteiger partial charge on any atom is 0.255 e. The average Bonchev–Trinajstić information content (AvgIpc) is 2.84. The maximum absolute atomic E-state index is 12.1. The summed E-state index contributed by atoms with van der Waals surface area (Å²) in [5.41, 5.74) is 7.42. The van der Waals surface area contributed by atoms with Crippen molar-refractivity contribution in [3.63, 3.8) is 0 Å². The van der Waals surface area contributed by atoms with Gasteiger partial charge in [0, 0.05) is 21.9 Å². The molecule has 2 aromatic heterocycles. The Labute approximate surface area is 108 Å². The van der Waals surface area contributed by atoms with E-state index < -0.39 is 0 Å². The molecule has 0 aliphatic carbocycles. The summed E-state index contributed by atoms with van der Waals surface area (Å²) in [7, 11) is 0. The minimum absolute atomic E-state index is 0.0952. The molecule has 0 fully saturated rings. The number of hydrogen-bond donors (Lipinski definition) is 2. The van der Waals surface area contributed by atoms with Crippen LogP contribution in [-0.4, -0.2) is 11.9 Å². The molecule has 3 N–H and O–H groups in total. The molecular formula is C12H14N2OS2. The first-order valence-electron chi connectivity index (χ1n) is 5.31. The largest absolute Gasteiger partial charge is 0.390 e. The Balaban J connectivity index is 2.40. The third-order valence-corrected chi connectivity index (χ3v) is 3.97. The van der Waals surface area contributed by atoms with Crippen molar-refractivity contribution in [2.24, 2.45) is 0 Å². The highest BCUT2D eigenvalue weighted by Gasteiger charge is 2.19. The molecule has 2 aromatic rings. The van der Waals surface area contributed by atoms with Gasteiger partial charge in [0.1, 0.15) is 0 Å². The fourth-order valence-corrected chi connectivity index (χ4v) is 3.19. The van der Waals surface area contributed by atoms with Crippen molar-refractivity contribution in [1.29, 1.82) is 0 Å². The molecular weight excluding hydrogens is 252 g/mol. The number of thiophene rings is 2. The van der Waals surface area contributed by atoms with Crippen molar-refractivity contribution < 1.29 is 4.79 Å². The molecule has 0 atom stereocenters. The van der Waals surface area contributed by atoms with Gasteiger partial charge in [-0.3, -0.25) is 4.79 Å². The lowest BCUT2D eigenvalue weighted by atomic mass is 10.1. The van der Waals surface area contributed by atoms with Crippen LogP contribution in [0.4, 0.5) is 5.00 Å². The molecule has 2 rings (SSSR count). The zero-order chi connectivity index (χ0) is 12.4. The number of nitrogens with two attached hydrogens (primary N) is 1. The van der Waals surface area contributed by atoms with E-state index in [0.717, 1.165) is 10.4 Å². The van der Waals surface area contributed by atoms with Crippen LogP contribution in [0.25, 0.3) is 10.4 Å². The zero-order valence-corrected chi connectivity index (χ0v) is 11.3. The van der Waals surface area contributed by atoms with Gasteiger partial charge < -0.3 is 11.1 Å². The van der Waals surface area contributed by atoms with Gasteiger partial charge in [-0.25, -0.2) is 0 Å². The lowest BCUT2D eigenvalue weighted by Crippen LogP contribution is -2.30. The second kappa shape index (κ2) is 4.89. The number of amides is 1. The summed E-state index contributed by atoms with van der Waals surface area (Å²) in [6, 6.07) is 4.08. The SMILES string of the molecule is CC(C)NC(=O)c1c(-c2cccs2)csc1N. The first kappa shape index (κ1) is 12.1. The summed E-state index contributed by atoms with van der Waals surface area (Å²) in [6.07, 6.45) is 0. The van der Waals surface area contributed by atoms with Gasteiger partial charge in [0.15, 0.2) is 0 Å². The fraction of sp³-hybridized carbons (Fsp3) is 0.250. The zero-order valence-electron chi connectivity index (χ0n) is 9.69. The highest BCUT2D eigenvalue weighted by Crippen LogP contribution is 2.35. The Bertz CT molecular complexity index is 515. The number of carbonyl (C=O) groups is 1. The molecule has 2 heterocycles. The summed E-state index contributed by atoms with van der Waals surface area (Å²) >= 11 is 3.02. The molecule has 5 heteroatoms. The predicted molar refractivity (Wildman–Crippen MR) is 74.6 cm³/mol. The monoisotopic (exact) mass is 266 g/mol. The second-order valence-corrected chi connectivity index (χ2v) is 5.85. The molecule has 0 saturated carbocycles. The van der Waals surface area contributed by atoms with Gasteiger partial charge in [-0.1, -0.05) is 6.07 Å². The van der Waals surface area contributed by atoms with E-state index in [1.807, 2.05) is 36.7 Å². The Morgan fingerprint density at radius 1 is 1.41 bits per heavy atom. The van der Waals surface area contributed by atoms with E-state index in [4.69, 9.17) is 5.73 Å². The van der Waals surface area contributed by atoms with Crippen LogP contribution in [0, 0.1) is 0 Å². The van der Waals surface area contributed by atoms with Crippen LogP contribution in [0.5, 0.6) is 0 Å². The minimum Gasteiger partial charge on any atom is -0.390 e. The van der Waals surface area contributed by atoms with Gasteiger partial charge >= 0.3 is 0 Å². The van der Waals surface area contributed by atoms with Gasteiger partial charge in [-0.15, -0.1) is 22.7 Å². The third kappa shape index (κ3) is 2.50. The van der Waals surface area contributed by atoms with Crippen molar-refractivity contribution in [3.05, 3.63) is 28.5 Å². The van der Waals surface area contributed by atoms with E-state index in [0.29, 0.717) is 10.6 Å². The lowest BCUT2D eigenvalue weighted by Gasteiger charge is -2.09. The van der Waals surface area contributed by atoms with E-state index in [1.165, 1.54) is 11.3 Å². The van der Waals surface area contributed by atoms with E-state index in [2.05, 4.69) is 5.32 Å². The van der Waals surface area contributed by atoms with Crippen LogP contribution < -0.4 is 11.1 Å². The number of anilines is 1. The molecule has 0 saturated heterocycles. The van der Waals surface area contributed by atoms with Crippen LogP contribution in [0.2, 0.25) is 0 Å².